The van der Waals surface area contributed by atoms with Crippen LogP contribution >= 0.6 is 23.1 Å². The van der Waals surface area contributed by atoms with Gasteiger partial charge in [-0.05, 0) is 17.7 Å². The highest BCUT2D eigenvalue weighted by Gasteiger charge is 2.14. The molecular weight excluding hydrogens is 434 g/mol. The van der Waals surface area contributed by atoms with E-state index in [1.165, 1.54) is 30.2 Å². The maximum Gasteiger partial charge on any atom is 0.260 e. The minimum Gasteiger partial charge on any atom is -0.497 e. The summed E-state index contributed by atoms with van der Waals surface area (Å²) in [5.74, 6) is 0.968. The number of nitrogens with one attached hydrogen (secondary N) is 2. The molecule has 2 N–H and O–H groups in total. The molecule has 4 aromatic rings. The molecule has 0 atom stereocenters. The van der Waals surface area contributed by atoms with Crippen LogP contribution in [0.1, 0.15) is 0 Å². The summed E-state index contributed by atoms with van der Waals surface area (Å²) in [7, 11) is 3.08. The van der Waals surface area contributed by atoms with Crippen LogP contribution in [-0.2, 0) is 4.79 Å². The van der Waals surface area contributed by atoms with Crippen molar-refractivity contribution >= 4 is 44.9 Å². The van der Waals surface area contributed by atoms with Gasteiger partial charge in [0, 0.05) is 17.0 Å². The highest BCUT2D eigenvalue weighted by atomic mass is 32.2. The number of aromatic nitrogens is 2. The number of benzene rings is 2. The second kappa shape index (κ2) is 9.23. The van der Waals surface area contributed by atoms with Crippen LogP contribution in [-0.4, -0.2) is 35.8 Å². The first-order valence-electron chi connectivity index (χ1n) is 9.30. The predicted octanol–water partition coefficient (Wildman–Crippen LogP) is 4.40. The molecule has 0 fully saturated rings. The third-order valence-corrected chi connectivity index (χ3v) is 6.28. The van der Waals surface area contributed by atoms with E-state index in [4.69, 9.17) is 9.47 Å². The number of aromatic amines is 1. The minimum absolute atomic E-state index is 0.0839. The maximum atomic E-state index is 12.7. The second-order valence-electron chi connectivity index (χ2n) is 6.47. The number of carbonyl (C=O) groups excluding carboxylic acids is 1. The fourth-order valence-electron chi connectivity index (χ4n) is 3.05. The summed E-state index contributed by atoms with van der Waals surface area (Å²) < 4.78 is 10.5. The second-order valence-corrected chi connectivity index (χ2v) is 8.29. The molecule has 0 unspecified atom stereocenters. The summed E-state index contributed by atoms with van der Waals surface area (Å²) in [6.45, 7) is 0. The van der Waals surface area contributed by atoms with Crippen LogP contribution in [0.2, 0.25) is 0 Å². The zero-order chi connectivity index (χ0) is 21.8. The highest BCUT2D eigenvalue weighted by molar-refractivity contribution is 7.99. The van der Waals surface area contributed by atoms with Gasteiger partial charge in [-0.1, -0.05) is 42.1 Å². The molecular formula is C22H19N3O4S2. The van der Waals surface area contributed by atoms with Crippen LogP contribution in [0.5, 0.6) is 11.5 Å². The average molecular weight is 454 g/mol. The van der Waals surface area contributed by atoms with Crippen molar-refractivity contribution in [3.05, 3.63) is 64.3 Å². The molecule has 7 nitrogen and oxygen atoms in total. The van der Waals surface area contributed by atoms with Gasteiger partial charge < -0.3 is 19.8 Å². The summed E-state index contributed by atoms with van der Waals surface area (Å²) in [5, 5.41) is 5.69. The lowest BCUT2D eigenvalue weighted by Gasteiger charge is -2.11. The number of thiophene rings is 1. The van der Waals surface area contributed by atoms with Gasteiger partial charge in [0.05, 0.1) is 31.0 Å². The van der Waals surface area contributed by atoms with E-state index in [1.54, 1.807) is 25.3 Å². The minimum atomic E-state index is -0.243. The smallest absolute Gasteiger partial charge is 0.260 e. The number of H-pyrrole nitrogens is 1. The van der Waals surface area contributed by atoms with Gasteiger partial charge in [0.2, 0.25) is 5.91 Å². The first kappa shape index (κ1) is 21.0. The molecule has 0 aliphatic rings. The Morgan fingerprint density at radius 1 is 1.16 bits per heavy atom. The number of thioether (sulfide) groups is 1. The molecule has 2 aromatic heterocycles. The van der Waals surface area contributed by atoms with E-state index in [1.807, 2.05) is 35.7 Å². The van der Waals surface area contributed by atoms with Gasteiger partial charge in [-0.3, -0.25) is 9.59 Å². The number of hydrogen-bond donors (Lipinski definition) is 2. The number of hydrogen-bond acceptors (Lipinski definition) is 7. The molecule has 4 rings (SSSR count). The molecule has 0 saturated heterocycles. The Morgan fingerprint density at radius 2 is 1.97 bits per heavy atom. The van der Waals surface area contributed by atoms with Crippen LogP contribution in [0.25, 0.3) is 21.3 Å². The molecule has 2 heterocycles. The van der Waals surface area contributed by atoms with Crippen molar-refractivity contribution in [1.29, 1.82) is 0 Å². The Kier molecular flexibility index (Phi) is 6.24. The quantitative estimate of drug-likeness (QED) is 0.318. The normalized spacial score (nSPS) is 10.8. The largest absolute Gasteiger partial charge is 0.497 e. The topological polar surface area (TPSA) is 93.3 Å². The van der Waals surface area contributed by atoms with Crippen molar-refractivity contribution < 1.29 is 14.3 Å². The molecule has 0 saturated carbocycles. The number of rotatable bonds is 7. The van der Waals surface area contributed by atoms with Gasteiger partial charge in [-0.15, -0.1) is 11.3 Å². The monoisotopic (exact) mass is 453 g/mol. The van der Waals surface area contributed by atoms with Crippen molar-refractivity contribution in [2.75, 3.05) is 25.3 Å². The predicted molar refractivity (Wildman–Crippen MR) is 125 cm³/mol. The molecule has 0 aliphatic carbocycles. The molecule has 0 radical (unpaired) electrons. The standard InChI is InChI=1S/C22H19N3O4S2/c1-28-14-8-9-16(17(10-14)29-2)23-18(26)12-31-22-24-20(27)19-15(11-30-21(19)25-22)13-6-4-3-5-7-13/h3-11H,12H2,1-2H3,(H,23,26)(H,24,25,27). The fourth-order valence-corrected chi connectivity index (χ4v) is 4.72. The van der Waals surface area contributed by atoms with Crippen LogP contribution in [0.4, 0.5) is 5.69 Å². The number of methoxy groups -OCH3 is 2. The zero-order valence-electron chi connectivity index (χ0n) is 16.8. The van der Waals surface area contributed by atoms with Gasteiger partial charge in [0.1, 0.15) is 16.3 Å². The van der Waals surface area contributed by atoms with Gasteiger partial charge >= 0.3 is 0 Å². The fraction of sp³-hybridized carbons (Fsp3) is 0.136. The van der Waals surface area contributed by atoms with Gasteiger partial charge in [0.15, 0.2) is 5.16 Å². The van der Waals surface area contributed by atoms with Gasteiger partial charge in [-0.2, -0.15) is 0 Å². The lowest BCUT2D eigenvalue weighted by Crippen LogP contribution is -2.16. The third-order valence-electron chi connectivity index (χ3n) is 4.53. The van der Waals surface area contributed by atoms with E-state index in [0.717, 1.165) is 11.1 Å². The van der Waals surface area contributed by atoms with E-state index in [-0.39, 0.29) is 17.2 Å². The van der Waals surface area contributed by atoms with Crippen molar-refractivity contribution in [1.82, 2.24) is 9.97 Å². The Morgan fingerprint density at radius 3 is 2.71 bits per heavy atom. The van der Waals surface area contributed by atoms with E-state index < -0.39 is 0 Å². The van der Waals surface area contributed by atoms with E-state index in [0.29, 0.717) is 32.6 Å². The zero-order valence-corrected chi connectivity index (χ0v) is 18.4. The number of fused-ring (bicyclic) bond motifs is 1. The Hall–Kier alpha value is -3.30. The Balaban J connectivity index is 1.48. The van der Waals surface area contributed by atoms with Crippen molar-refractivity contribution in [3.8, 4) is 22.6 Å². The molecule has 1 amide bonds. The first-order chi connectivity index (χ1) is 15.1. The first-order valence-corrected chi connectivity index (χ1v) is 11.2. The van der Waals surface area contributed by atoms with E-state index in [2.05, 4.69) is 15.3 Å². The van der Waals surface area contributed by atoms with Crippen molar-refractivity contribution in [2.24, 2.45) is 0 Å². The maximum absolute atomic E-state index is 12.7. The van der Waals surface area contributed by atoms with Crippen LogP contribution in [0, 0.1) is 0 Å². The number of anilines is 1. The van der Waals surface area contributed by atoms with E-state index >= 15 is 0 Å². The molecule has 0 aliphatic heterocycles. The van der Waals surface area contributed by atoms with Crippen LogP contribution in [0.15, 0.2) is 63.9 Å². The SMILES string of the molecule is COc1ccc(NC(=O)CSc2nc3scc(-c4ccccc4)c3c(=O)[nH]2)c(OC)c1. The summed E-state index contributed by atoms with van der Waals surface area (Å²) in [6, 6.07) is 14.9. The highest BCUT2D eigenvalue weighted by Crippen LogP contribution is 2.32. The molecule has 0 spiro atoms. The summed E-state index contributed by atoms with van der Waals surface area (Å²) in [6.07, 6.45) is 0. The molecule has 2 aromatic carbocycles. The van der Waals surface area contributed by atoms with Gasteiger partial charge in [-0.25, -0.2) is 4.98 Å². The Bertz CT molecular complexity index is 1290. The van der Waals surface area contributed by atoms with Gasteiger partial charge in [0.25, 0.3) is 5.56 Å². The molecule has 9 heteroatoms. The average Bonchev–Trinajstić information content (AvgIpc) is 3.23. The van der Waals surface area contributed by atoms with Crippen molar-refractivity contribution in [2.45, 2.75) is 5.16 Å². The molecule has 158 valence electrons. The third kappa shape index (κ3) is 4.57. The lowest BCUT2D eigenvalue weighted by atomic mass is 10.1. The lowest BCUT2D eigenvalue weighted by molar-refractivity contribution is -0.113. The number of amides is 1. The Labute approximate surface area is 186 Å². The van der Waals surface area contributed by atoms with Crippen LogP contribution < -0.4 is 20.3 Å². The number of nitrogens with zero attached hydrogens (tertiary/aromatic N) is 1. The molecule has 31 heavy (non-hydrogen) atoms. The summed E-state index contributed by atoms with van der Waals surface area (Å²) in [4.78, 5) is 33.1. The van der Waals surface area contributed by atoms with E-state index in [9.17, 15) is 9.59 Å². The summed E-state index contributed by atoms with van der Waals surface area (Å²) >= 11 is 2.57. The molecule has 0 bridgehead atoms. The van der Waals surface area contributed by atoms with Crippen molar-refractivity contribution in [3.63, 3.8) is 0 Å². The summed E-state index contributed by atoms with van der Waals surface area (Å²) in [5.41, 5.74) is 2.14. The van der Waals surface area contributed by atoms with Crippen LogP contribution in [0.3, 0.4) is 0 Å². The number of ether oxygens (including phenoxy) is 2. The number of carbonyl (C=O) groups is 1.